The van der Waals surface area contributed by atoms with E-state index in [0.717, 1.165) is 0 Å². The molecule has 0 saturated carbocycles. The molecule has 0 spiro atoms. The van der Waals surface area contributed by atoms with Crippen LogP contribution in [0.25, 0.3) is 5.65 Å². The molecule has 0 N–H and O–H groups in total. The fourth-order valence-electron chi connectivity index (χ4n) is 1.37. The van der Waals surface area contributed by atoms with Crippen molar-refractivity contribution in [3.63, 3.8) is 0 Å². The Morgan fingerprint density at radius 3 is 3.12 bits per heavy atom. The molecule has 6 heteroatoms. The first-order valence-electron chi connectivity index (χ1n) is 4.62. The first-order chi connectivity index (χ1) is 7.63. The van der Waals surface area contributed by atoms with Gasteiger partial charge in [-0.25, -0.2) is 14.2 Å². The number of fused-ring (bicyclic) bond motifs is 1. The monoisotopic (exact) mass is 286 g/mol. The molecule has 0 bridgehead atoms. The minimum absolute atomic E-state index is 0.206. The topological polar surface area (TPSA) is 43.6 Å². The van der Waals surface area contributed by atoms with E-state index in [1.165, 1.54) is 22.9 Å². The number of pyridine rings is 1. The molecule has 0 fully saturated rings. The maximum absolute atomic E-state index is 13.2. The second-order valence-corrected chi connectivity index (χ2v) is 3.92. The summed E-state index contributed by atoms with van der Waals surface area (Å²) in [6.07, 6.45) is 2.55. The Kier molecular flexibility index (Phi) is 2.91. The number of imidazole rings is 1. The van der Waals surface area contributed by atoms with Gasteiger partial charge in [0.25, 0.3) is 0 Å². The lowest BCUT2D eigenvalue weighted by Crippen LogP contribution is -2.08. The predicted octanol–water partition coefficient (Wildman–Crippen LogP) is 2.41. The number of ether oxygens (including phenoxy) is 1. The van der Waals surface area contributed by atoms with E-state index in [2.05, 4.69) is 20.9 Å². The Labute approximate surface area is 99.2 Å². The number of rotatable bonds is 2. The van der Waals surface area contributed by atoms with Gasteiger partial charge in [0.15, 0.2) is 11.3 Å². The minimum atomic E-state index is -0.521. The van der Waals surface area contributed by atoms with Crippen molar-refractivity contribution in [3.05, 3.63) is 34.4 Å². The zero-order valence-corrected chi connectivity index (χ0v) is 9.99. The van der Waals surface area contributed by atoms with E-state index in [4.69, 9.17) is 4.74 Å². The lowest BCUT2D eigenvalue weighted by Gasteiger charge is -2.02. The maximum atomic E-state index is 13.2. The van der Waals surface area contributed by atoms with E-state index in [0.29, 0.717) is 10.1 Å². The summed E-state index contributed by atoms with van der Waals surface area (Å²) in [4.78, 5) is 15.5. The smallest absolute Gasteiger partial charge is 0.356 e. The van der Waals surface area contributed by atoms with E-state index >= 15 is 0 Å². The van der Waals surface area contributed by atoms with Crippen molar-refractivity contribution < 1.29 is 13.9 Å². The molecule has 2 rings (SSSR count). The normalized spacial score (nSPS) is 10.7. The highest BCUT2D eigenvalue weighted by molar-refractivity contribution is 9.10. The molecule has 2 aromatic heterocycles. The molecule has 0 radical (unpaired) electrons. The molecular weight excluding hydrogens is 279 g/mol. The molecular formula is C10H8BrFN2O2. The third-order valence-electron chi connectivity index (χ3n) is 2.01. The van der Waals surface area contributed by atoms with Crippen LogP contribution in [0, 0.1) is 5.82 Å². The first kappa shape index (κ1) is 11.1. The van der Waals surface area contributed by atoms with Crippen LogP contribution in [0.4, 0.5) is 4.39 Å². The van der Waals surface area contributed by atoms with Crippen LogP contribution in [0.3, 0.4) is 0 Å². The third kappa shape index (κ3) is 1.80. The Balaban J connectivity index is 2.60. The summed E-state index contributed by atoms with van der Waals surface area (Å²) in [5.74, 6) is -0.976. The number of hydrogen-bond donors (Lipinski definition) is 0. The van der Waals surface area contributed by atoms with Crippen LogP contribution >= 0.6 is 15.9 Å². The third-order valence-corrected chi connectivity index (χ3v) is 2.60. The number of esters is 1. The predicted molar refractivity (Wildman–Crippen MR) is 58.8 cm³/mol. The van der Waals surface area contributed by atoms with Gasteiger partial charge in [0.2, 0.25) is 0 Å². The second-order valence-electron chi connectivity index (χ2n) is 3.06. The van der Waals surface area contributed by atoms with Crippen molar-refractivity contribution in [2.24, 2.45) is 0 Å². The lowest BCUT2D eigenvalue weighted by atomic mass is 10.4. The summed E-state index contributed by atoms with van der Waals surface area (Å²) in [6, 6.07) is 1.29. The van der Waals surface area contributed by atoms with Gasteiger partial charge < -0.3 is 4.74 Å². The molecule has 0 aliphatic carbocycles. The highest BCUT2D eigenvalue weighted by Gasteiger charge is 2.15. The van der Waals surface area contributed by atoms with E-state index in [9.17, 15) is 9.18 Å². The number of halogens is 2. The zero-order chi connectivity index (χ0) is 11.7. The van der Waals surface area contributed by atoms with Gasteiger partial charge in [-0.3, -0.25) is 4.40 Å². The van der Waals surface area contributed by atoms with Crippen LogP contribution in [0.5, 0.6) is 0 Å². The number of hydrogen-bond acceptors (Lipinski definition) is 3. The zero-order valence-electron chi connectivity index (χ0n) is 8.41. The summed E-state index contributed by atoms with van der Waals surface area (Å²) in [7, 11) is 0. The van der Waals surface area contributed by atoms with E-state index in [1.54, 1.807) is 6.92 Å². The Morgan fingerprint density at radius 1 is 1.69 bits per heavy atom. The van der Waals surface area contributed by atoms with Crippen molar-refractivity contribution in [1.82, 2.24) is 9.38 Å². The van der Waals surface area contributed by atoms with Crippen LogP contribution in [-0.2, 0) is 4.74 Å². The van der Waals surface area contributed by atoms with Crippen molar-refractivity contribution in [2.45, 2.75) is 6.92 Å². The molecule has 0 aromatic carbocycles. The molecule has 0 aliphatic heterocycles. The Morgan fingerprint density at radius 2 is 2.44 bits per heavy atom. The largest absolute Gasteiger partial charge is 0.461 e. The van der Waals surface area contributed by atoms with Crippen molar-refractivity contribution in [3.8, 4) is 0 Å². The molecule has 0 aliphatic rings. The molecule has 0 saturated heterocycles. The molecule has 4 nitrogen and oxygen atoms in total. The average Bonchev–Trinajstić information content (AvgIpc) is 2.61. The van der Waals surface area contributed by atoms with E-state index < -0.39 is 11.8 Å². The molecule has 16 heavy (non-hydrogen) atoms. The minimum Gasteiger partial charge on any atom is -0.461 e. The fraction of sp³-hybridized carbons (Fsp3) is 0.200. The van der Waals surface area contributed by atoms with Gasteiger partial charge >= 0.3 is 5.97 Å². The Hall–Kier alpha value is -1.43. The second kappa shape index (κ2) is 4.21. The molecule has 0 unspecified atom stereocenters. The summed E-state index contributed by atoms with van der Waals surface area (Å²) >= 11 is 3.17. The van der Waals surface area contributed by atoms with Gasteiger partial charge in [0, 0.05) is 6.20 Å². The number of carbonyl (C=O) groups excluding carboxylic acids is 1. The fourth-order valence-corrected chi connectivity index (χ4v) is 1.88. The number of nitrogens with zero attached hydrogens (tertiary/aromatic N) is 2. The molecule has 2 aromatic rings. The van der Waals surface area contributed by atoms with Crippen LogP contribution in [0.1, 0.15) is 17.4 Å². The number of aromatic nitrogens is 2. The first-order valence-corrected chi connectivity index (χ1v) is 5.42. The lowest BCUT2D eigenvalue weighted by molar-refractivity contribution is 0.0518. The van der Waals surface area contributed by atoms with Gasteiger partial charge in [-0.15, -0.1) is 0 Å². The van der Waals surface area contributed by atoms with Gasteiger partial charge in [-0.2, -0.15) is 0 Å². The standard InChI is InChI=1S/C10H8BrFN2O2/c1-2-16-10(15)8-4-13-9-7(11)3-6(12)5-14(8)9/h3-5H,2H2,1H3. The van der Waals surface area contributed by atoms with Gasteiger partial charge in [-0.1, -0.05) is 0 Å². The highest BCUT2D eigenvalue weighted by Crippen LogP contribution is 2.19. The SMILES string of the molecule is CCOC(=O)c1cnc2c(Br)cc(F)cn12. The summed E-state index contributed by atoms with van der Waals surface area (Å²) in [5.41, 5.74) is 0.682. The van der Waals surface area contributed by atoms with Crippen LogP contribution < -0.4 is 0 Å². The van der Waals surface area contributed by atoms with E-state index in [-0.39, 0.29) is 12.3 Å². The average molecular weight is 287 g/mol. The molecule has 0 atom stereocenters. The van der Waals surface area contributed by atoms with Gasteiger partial charge in [0.1, 0.15) is 5.82 Å². The summed E-state index contributed by atoms with van der Waals surface area (Å²) < 4.78 is 19.9. The quantitative estimate of drug-likeness (QED) is 0.797. The number of carbonyl (C=O) groups is 1. The maximum Gasteiger partial charge on any atom is 0.356 e. The summed E-state index contributed by atoms with van der Waals surface area (Å²) in [6.45, 7) is 1.97. The summed E-state index contributed by atoms with van der Waals surface area (Å²) in [5, 5.41) is 0. The van der Waals surface area contributed by atoms with Gasteiger partial charge in [-0.05, 0) is 28.9 Å². The van der Waals surface area contributed by atoms with Crippen molar-refractivity contribution in [2.75, 3.05) is 6.61 Å². The molecule has 84 valence electrons. The Bertz CT molecular complexity index is 553. The molecule has 2 heterocycles. The van der Waals surface area contributed by atoms with Crippen molar-refractivity contribution in [1.29, 1.82) is 0 Å². The van der Waals surface area contributed by atoms with Gasteiger partial charge in [0.05, 0.1) is 17.3 Å². The van der Waals surface area contributed by atoms with Crippen LogP contribution in [-0.4, -0.2) is 22.0 Å². The molecule has 0 amide bonds. The van der Waals surface area contributed by atoms with Crippen LogP contribution in [0.2, 0.25) is 0 Å². The van der Waals surface area contributed by atoms with Crippen LogP contribution in [0.15, 0.2) is 22.9 Å². The van der Waals surface area contributed by atoms with Crippen molar-refractivity contribution >= 4 is 27.5 Å². The highest BCUT2D eigenvalue weighted by atomic mass is 79.9. The van der Waals surface area contributed by atoms with E-state index in [1.807, 2.05) is 0 Å².